The van der Waals surface area contributed by atoms with Crippen molar-refractivity contribution in [3.63, 3.8) is 0 Å². The van der Waals surface area contributed by atoms with Crippen LogP contribution in [0.4, 0.5) is 0 Å². The Morgan fingerprint density at radius 1 is 1.20 bits per heavy atom. The van der Waals surface area contributed by atoms with Crippen LogP contribution in [0, 0.1) is 12.8 Å². The second-order valence-corrected chi connectivity index (χ2v) is 6.86. The van der Waals surface area contributed by atoms with Crippen LogP contribution in [0.1, 0.15) is 49.8 Å². The van der Waals surface area contributed by atoms with Gasteiger partial charge in [0.15, 0.2) is 0 Å². The Balaban J connectivity index is 1.96. The van der Waals surface area contributed by atoms with Crippen LogP contribution in [-0.2, 0) is 14.4 Å². The zero-order valence-corrected chi connectivity index (χ0v) is 15.0. The minimum atomic E-state index is -0.325. The average Bonchev–Trinajstić information content (AvgIpc) is 2.54. The number of carbonyl (C=O) groups is 3. The number of nitrogens with one attached hydrogen (secondary N) is 1. The third-order valence-electron chi connectivity index (χ3n) is 4.69. The first kappa shape index (κ1) is 19.0. The number of benzene rings is 1. The topological polar surface area (TPSA) is 92.5 Å². The zero-order valence-electron chi connectivity index (χ0n) is 15.0. The van der Waals surface area contributed by atoms with Crippen molar-refractivity contribution < 1.29 is 14.4 Å². The molecule has 0 aliphatic carbocycles. The van der Waals surface area contributed by atoms with Gasteiger partial charge < -0.3 is 16.0 Å². The maximum atomic E-state index is 12.6. The third-order valence-corrected chi connectivity index (χ3v) is 4.69. The zero-order chi connectivity index (χ0) is 18.4. The molecule has 0 radical (unpaired) electrons. The van der Waals surface area contributed by atoms with Gasteiger partial charge in [-0.25, -0.2) is 0 Å². The van der Waals surface area contributed by atoms with E-state index in [0.717, 1.165) is 24.0 Å². The van der Waals surface area contributed by atoms with Crippen molar-refractivity contribution in [3.05, 3.63) is 35.4 Å². The van der Waals surface area contributed by atoms with Crippen LogP contribution in [0.2, 0.25) is 0 Å². The summed E-state index contributed by atoms with van der Waals surface area (Å²) in [5.41, 5.74) is 7.31. The Hall–Kier alpha value is -2.37. The molecule has 3 amide bonds. The molecule has 2 rings (SSSR count). The maximum Gasteiger partial charge on any atom is 0.224 e. The highest BCUT2D eigenvalue weighted by Crippen LogP contribution is 2.23. The van der Waals surface area contributed by atoms with Gasteiger partial charge in [-0.15, -0.1) is 0 Å². The highest BCUT2D eigenvalue weighted by atomic mass is 16.2. The number of piperidine rings is 1. The second-order valence-electron chi connectivity index (χ2n) is 6.86. The van der Waals surface area contributed by atoms with E-state index in [0.29, 0.717) is 19.5 Å². The van der Waals surface area contributed by atoms with Gasteiger partial charge in [-0.1, -0.05) is 29.8 Å². The predicted molar refractivity (Wildman–Crippen MR) is 95.5 cm³/mol. The molecule has 25 heavy (non-hydrogen) atoms. The van der Waals surface area contributed by atoms with E-state index >= 15 is 0 Å². The van der Waals surface area contributed by atoms with E-state index < -0.39 is 0 Å². The summed E-state index contributed by atoms with van der Waals surface area (Å²) < 4.78 is 0. The molecule has 3 N–H and O–H groups in total. The standard InChI is InChI=1S/C19H27N3O3/c1-13-3-5-16(6-4-13)17(21-14(2)23)12-19(25)22-9-7-15(8-10-22)11-18(20)24/h3-6,15,17H,7-12H2,1-2H3,(H2,20,24)(H,21,23)/t17-/m1/s1. The molecule has 1 aromatic rings. The van der Waals surface area contributed by atoms with Crippen LogP contribution in [0.15, 0.2) is 24.3 Å². The van der Waals surface area contributed by atoms with Crippen LogP contribution < -0.4 is 11.1 Å². The van der Waals surface area contributed by atoms with Gasteiger partial charge in [0.2, 0.25) is 17.7 Å². The van der Waals surface area contributed by atoms with Crippen molar-refractivity contribution in [2.24, 2.45) is 11.7 Å². The Kier molecular flexibility index (Phi) is 6.56. The van der Waals surface area contributed by atoms with Crippen LogP contribution in [0.25, 0.3) is 0 Å². The fraction of sp³-hybridized carbons (Fsp3) is 0.526. The van der Waals surface area contributed by atoms with Crippen LogP contribution in [-0.4, -0.2) is 35.7 Å². The minimum Gasteiger partial charge on any atom is -0.370 e. The van der Waals surface area contributed by atoms with E-state index in [2.05, 4.69) is 5.32 Å². The summed E-state index contributed by atoms with van der Waals surface area (Å²) in [5, 5.41) is 2.87. The molecular weight excluding hydrogens is 318 g/mol. The first-order chi connectivity index (χ1) is 11.8. The van der Waals surface area contributed by atoms with E-state index in [4.69, 9.17) is 5.73 Å². The molecular formula is C19H27N3O3. The number of likely N-dealkylation sites (tertiary alicyclic amines) is 1. The number of nitrogens with two attached hydrogens (primary N) is 1. The van der Waals surface area contributed by atoms with E-state index in [9.17, 15) is 14.4 Å². The Morgan fingerprint density at radius 2 is 1.80 bits per heavy atom. The quantitative estimate of drug-likeness (QED) is 0.821. The molecule has 0 bridgehead atoms. The Labute approximate surface area is 148 Å². The minimum absolute atomic E-state index is 0.0249. The fourth-order valence-electron chi connectivity index (χ4n) is 3.27. The molecule has 0 unspecified atom stereocenters. The molecule has 1 saturated heterocycles. The number of hydrogen-bond acceptors (Lipinski definition) is 3. The SMILES string of the molecule is CC(=O)N[C@H](CC(=O)N1CCC(CC(N)=O)CC1)c1ccc(C)cc1. The monoisotopic (exact) mass is 345 g/mol. The molecule has 1 aromatic carbocycles. The van der Waals surface area contributed by atoms with Crippen LogP contribution in [0.5, 0.6) is 0 Å². The highest BCUT2D eigenvalue weighted by Gasteiger charge is 2.26. The van der Waals surface area contributed by atoms with E-state index in [1.54, 1.807) is 0 Å². The summed E-state index contributed by atoms with van der Waals surface area (Å²) in [6.07, 6.45) is 2.22. The molecule has 0 saturated carbocycles. The lowest BCUT2D eigenvalue weighted by Crippen LogP contribution is -2.41. The van der Waals surface area contributed by atoms with Crippen LogP contribution >= 0.6 is 0 Å². The van der Waals surface area contributed by atoms with Gasteiger partial charge in [-0.05, 0) is 31.2 Å². The largest absolute Gasteiger partial charge is 0.370 e. The number of carbonyl (C=O) groups excluding carboxylic acids is 3. The molecule has 6 nitrogen and oxygen atoms in total. The average molecular weight is 345 g/mol. The highest BCUT2D eigenvalue weighted by molar-refractivity contribution is 5.79. The number of rotatable bonds is 6. The summed E-state index contributed by atoms with van der Waals surface area (Å²) in [7, 11) is 0. The summed E-state index contributed by atoms with van der Waals surface area (Å²) in [6.45, 7) is 4.73. The van der Waals surface area contributed by atoms with E-state index in [1.165, 1.54) is 6.92 Å². The molecule has 1 fully saturated rings. The number of primary amides is 1. The Morgan fingerprint density at radius 3 is 2.32 bits per heavy atom. The number of nitrogens with zero attached hydrogens (tertiary/aromatic N) is 1. The van der Waals surface area contributed by atoms with Gasteiger partial charge in [-0.3, -0.25) is 14.4 Å². The molecule has 0 spiro atoms. The summed E-state index contributed by atoms with van der Waals surface area (Å²) >= 11 is 0. The molecule has 1 atom stereocenters. The summed E-state index contributed by atoms with van der Waals surface area (Å²) in [6, 6.07) is 7.52. The first-order valence-corrected chi connectivity index (χ1v) is 8.75. The molecule has 1 aliphatic rings. The third kappa shape index (κ3) is 5.89. The van der Waals surface area contributed by atoms with Crippen molar-refractivity contribution in [1.29, 1.82) is 0 Å². The summed E-state index contributed by atoms with van der Waals surface area (Å²) in [4.78, 5) is 37.0. The molecule has 6 heteroatoms. The fourth-order valence-corrected chi connectivity index (χ4v) is 3.27. The van der Waals surface area contributed by atoms with Crippen molar-refractivity contribution in [3.8, 4) is 0 Å². The van der Waals surface area contributed by atoms with Gasteiger partial charge in [-0.2, -0.15) is 0 Å². The van der Waals surface area contributed by atoms with Crippen molar-refractivity contribution >= 4 is 17.7 Å². The van der Waals surface area contributed by atoms with Crippen molar-refractivity contribution in [2.75, 3.05) is 13.1 Å². The predicted octanol–water partition coefficient (Wildman–Crippen LogP) is 1.68. The van der Waals surface area contributed by atoms with Gasteiger partial charge >= 0.3 is 0 Å². The van der Waals surface area contributed by atoms with Gasteiger partial charge in [0, 0.05) is 26.4 Å². The second kappa shape index (κ2) is 8.65. The van der Waals surface area contributed by atoms with E-state index in [-0.39, 0.29) is 36.1 Å². The molecule has 0 aromatic heterocycles. The van der Waals surface area contributed by atoms with Gasteiger partial charge in [0.05, 0.1) is 12.5 Å². The van der Waals surface area contributed by atoms with Crippen LogP contribution in [0.3, 0.4) is 0 Å². The lowest BCUT2D eigenvalue weighted by Gasteiger charge is -2.32. The lowest BCUT2D eigenvalue weighted by atomic mass is 9.92. The molecule has 1 heterocycles. The van der Waals surface area contributed by atoms with Crippen molar-refractivity contribution in [2.45, 2.75) is 45.6 Å². The van der Waals surface area contributed by atoms with Crippen molar-refractivity contribution in [1.82, 2.24) is 10.2 Å². The van der Waals surface area contributed by atoms with E-state index in [1.807, 2.05) is 36.1 Å². The lowest BCUT2D eigenvalue weighted by molar-refractivity contribution is -0.133. The number of amides is 3. The smallest absolute Gasteiger partial charge is 0.224 e. The number of aryl methyl sites for hydroxylation is 1. The summed E-state index contributed by atoms with van der Waals surface area (Å²) in [5.74, 6) is -0.143. The first-order valence-electron chi connectivity index (χ1n) is 8.75. The number of hydrogen-bond donors (Lipinski definition) is 2. The normalized spacial score (nSPS) is 16.3. The molecule has 1 aliphatic heterocycles. The van der Waals surface area contributed by atoms with Gasteiger partial charge in [0.25, 0.3) is 0 Å². The maximum absolute atomic E-state index is 12.6. The Bertz CT molecular complexity index is 619. The molecule has 136 valence electrons. The van der Waals surface area contributed by atoms with Gasteiger partial charge in [0.1, 0.15) is 0 Å².